The number of rotatable bonds is 2. The number of pyridine rings is 1. The molecule has 2 N–H and O–H groups in total. The molecule has 1 saturated heterocycles. The third-order valence-electron chi connectivity index (χ3n) is 5.30. The number of halogens is 2. The summed E-state index contributed by atoms with van der Waals surface area (Å²) in [6.07, 6.45) is 5.14. The molecule has 0 radical (unpaired) electrons. The Morgan fingerprint density at radius 2 is 1.68 bits per heavy atom. The summed E-state index contributed by atoms with van der Waals surface area (Å²) in [7, 11) is 0. The van der Waals surface area contributed by atoms with Gasteiger partial charge in [0.15, 0.2) is 0 Å². The number of nitrogens with zero attached hydrogens (tertiary/aromatic N) is 2. The fraction of sp³-hybridized carbons (Fsp3) is 0.526. The Bertz CT molecular complexity index is 698. The number of nitrogens with one attached hydrogen (secondary N) is 1. The molecule has 2 aliphatic rings. The van der Waals surface area contributed by atoms with Gasteiger partial charge in [-0.3, -0.25) is 0 Å². The Labute approximate surface area is 161 Å². The van der Waals surface area contributed by atoms with Crippen molar-refractivity contribution in [2.45, 2.75) is 37.7 Å². The Morgan fingerprint density at radius 1 is 1.00 bits per heavy atom. The molecule has 1 aromatic carbocycles. The number of piperazine rings is 1. The smallest absolute Gasteiger partial charge is 0.135 e. The predicted molar refractivity (Wildman–Crippen MR) is 108 cm³/mol. The lowest BCUT2D eigenvalue weighted by Gasteiger charge is -2.37. The first-order valence-corrected chi connectivity index (χ1v) is 8.85. The standard InChI is InChI=1S/C19H25N3O.2ClH/c23-19(8-4-1-5-9-19)16-14-15-6-2-3-7-17(15)21-18(16)22-12-10-20-11-13-22;;/h2-3,6-7,14,20,23H,1,4-5,8-13H2;2*1H. The number of aliphatic hydroxyl groups is 1. The van der Waals surface area contributed by atoms with E-state index < -0.39 is 5.60 Å². The Kier molecular flexibility index (Phi) is 6.92. The van der Waals surface area contributed by atoms with Gasteiger partial charge in [-0.1, -0.05) is 37.5 Å². The fourth-order valence-corrected chi connectivity index (χ4v) is 3.97. The first kappa shape index (κ1) is 20.2. The molecule has 0 amide bonds. The van der Waals surface area contributed by atoms with Crippen molar-refractivity contribution in [3.05, 3.63) is 35.9 Å². The predicted octanol–water partition coefficient (Wildman–Crippen LogP) is 3.64. The van der Waals surface area contributed by atoms with Crippen molar-refractivity contribution in [1.29, 1.82) is 0 Å². The quantitative estimate of drug-likeness (QED) is 0.830. The molecular weight excluding hydrogens is 357 g/mol. The number of anilines is 1. The maximum absolute atomic E-state index is 11.3. The second-order valence-electron chi connectivity index (χ2n) is 6.88. The van der Waals surface area contributed by atoms with Crippen LogP contribution in [0.4, 0.5) is 5.82 Å². The number of hydrogen-bond acceptors (Lipinski definition) is 4. The van der Waals surface area contributed by atoms with E-state index in [4.69, 9.17) is 4.98 Å². The van der Waals surface area contributed by atoms with Crippen LogP contribution < -0.4 is 10.2 Å². The summed E-state index contributed by atoms with van der Waals surface area (Å²) in [4.78, 5) is 7.30. The molecular formula is C19H27Cl2N3O. The molecule has 2 fully saturated rings. The highest BCUT2D eigenvalue weighted by molar-refractivity contribution is 5.85. The van der Waals surface area contributed by atoms with E-state index >= 15 is 0 Å². The number of para-hydroxylation sites is 1. The first-order valence-electron chi connectivity index (χ1n) is 8.85. The molecule has 138 valence electrons. The molecule has 0 spiro atoms. The third kappa shape index (κ3) is 4.03. The van der Waals surface area contributed by atoms with Gasteiger partial charge in [0, 0.05) is 37.1 Å². The highest BCUT2D eigenvalue weighted by Gasteiger charge is 2.35. The molecule has 0 bridgehead atoms. The maximum atomic E-state index is 11.3. The number of hydrogen-bond donors (Lipinski definition) is 2. The second kappa shape index (κ2) is 8.54. The maximum Gasteiger partial charge on any atom is 0.135 e. The van der Waals surface area contributed by atoms with Crippen LogP contribution in [-0.2, 0) is 5.60 Å². The highest BCUT2D eigenvalue weighted by Crippen LogP contribution is 2.41. The van der Waals surface area contributed by atoms with Crippen LogP contribution in [0.5, 0.6) is 0 Å². The lowest BCUT2D eigenvalue weighted by molar-refractivity contribution is -0.000350. The molecule has 0 atom stereocenters. The summed E-state index contributed by atoms with van der Waals surface area (Å²) < 4.78 is 0. The Balaban J connectivity index is 0.00000113. The molecule has 1 aliphatic heterocycles. The van der Waals surface area contributed by atoms with Gasteiger partial charge in [0.1, 0.15) is 5.82 Å². The zero-order valence-electron chi connectivity index (χ0n) is 14.4. The van der Waals surface area contributed by atoms with Crippen LogP contribution in [0.1, 0.15) is 37.7 Å². The van der Waals surface area contributed by atoms with Gasteiger partial charge < -0.3 is 15.3 Å². The number of fused-ring (bicyclic) bond motifs is 1. The molecule has 4 rings (SSSR count). The van der Waals surface area contributed by atoms with Gasteiger partial charge >= 0.3 is 0 Å². The SMILES string of the molecule is Cl.Cl.OC1(c2cc3ccccc3nc2N2CCNCC2)CCCCC1. The average Bonchev–Trinajstić information content (AvgIpc) is 2.62. The van der Waals surface area contributed by atoms with Crippen LogP contribution in [0.15, 0.2) is 30.3 Å². The summed E-state index contributed by atoms with van der Waals surface area (Å²) in [5, 5.41) is 15.9. The summed E-state index contributed by atoms with van der Waals surface area (Å²) in [5.74, 6) is 0.995. The van der Waals surface area contributed by atoms with E-state index in [1.807, 2.05) is 12.1 Å². The summed E-state index contributed by atoms with van der Waals surface area (Å²) in [6, 6.07) is 10.4. The average molecular weight is 384 g/mol. The van der Waals surface area contributed by atoms with E-state index in [1.165, 1.54) is 6.42 Å². The van der Waals surface area contributed by atoms with Crippen molar-refractivity contribution in [3.63, 3.8) is 0 Å². The van der Waals surface area contributed by atoms with Crippen LogP contribution in [0.25, 0.3) is 10.9 Å². The second-order valence-corrected chi connectivity index (χ2v) is 6.88. The van der Waals surface area contributed by atoms with Crippen molar-refractivity contribution in [3.8, 4) is 0 Å². The molecule has 25 heavy (non-hydrogen) atoms. The molecule has 1 saturated carbocycles. The van der Waals surface area contributed by atoms with Crippen molar-refractivity contribution >= 4 is 41.5 Å². The van der Waals surface area contributed by atoms with Gasteiger partial charge in [0.05, 0.1) is 11.1 Å². The van der Waals surface area contributed by atoms with Gasteiger partial charge in [-0.15, -0.1) is 24.8 Å². The van der Waals surface area contributed by atoms with Crippen LogP contribution in [0, 0.1) is 0 Å². The molecule has 6 heteroatoms. The molecule has 2 aromatic rings. The molecule has 1 aromatic heterocycles. The van der Waals surface area contributed by atoms with Crippen LogP contribution in [0.2, 0.25) is 0 Å². The van der Waals surface area contributed by atoms with E-state index in [9.17, 15) is 5.11 Å². The monoisotopic (exact) mass is 383 g/mol. The van der Waals surface area contributed by atoms with E-state index in [0.29, 0.717) is 0 Å². The highest BCUT2D eigenvalue weighted by atomic mass is 35.5. The van der Waals surface area contributed by atoms with Crippen LogP contribution >= 0.6 is 24.8 Å². The van der Waals surface area contributed by atoms with Crippen molar-refractivity contribution in [1.82, 2.24) is 10.3 Å². The molecule has 2 heterocycles. The fourth-order valence-electron chi connectivity index (χ4n) is 3.97. The van der Waals surface area contributed by atoms with Gasteiger partial charge in [0.2, 0.25) is 0 Å². The molecule has 0 unspecified atom stereocenters. The van der Waals surface area contributed by atoms with E-state index in [2.05, 4.69) is 28.4 Å². The molecule has 1 aliphatic carbocycles. The normalized spacial score (nSPS) is 19.8. The Morgan fingerprint density at radius 3 is 2.40 bits per heavy atom. The third-order valence-corrected chi connectivity index (χ3v) is 5.30. The first-order chi connectivity index (χ1) is 11.3. The van der Waals surface area contributed by atoms with Crippen LogP contribution in [0.3, 0.4) is 0 Å². The number of aromatic nitrogens is 1. The van der Waals surface area contributed by atoms with E-state index in [1.54, 1.807) is 0 Å². The van der Waals surface area contributed by atoms with Crippen LogP contribution in [-0.4, -0.2) is 36.3 Å². The van der Waals surface area contributed by atoms with Crippen molar-refractivity contribution in [2.75, 3.05) is 31.1 Å². The topological polar surface area (TPSA) is 48.4 Å². The number of benzene rings is 1. The summed E-state index contributed by atoms with van der Waals surface area (Å²) >= 11 is 0. The van der Waals surface area contributed by atoms with Crippen molar-refractivity contribution < 1.29 is 5.11 Å². The van der Waals surface area contributed by atoms with Gasteiger partial charge in [-0.2, -0.15) is 0 Å². The minimum absolute atomic E-state index is 0. The Hall–Kier alpha value is -1.07. The minimum atomic E-state index is -0.713. The zero-order valence-corrected chi connectivity index (χ0v) is 16.0. The van der Waals surface area contributed by atoms with Gasteiger partial charge in [-0.25, -0.2) is 4.98 Å². The minimum Gasteiger partial charge on any atom is -0.385 e. The summed E-state index contributed by atoms with van der Waals surface area (Å²) in [6.45, 7) is 3.86. The van der Waals surface area contributed by atoms with Crippen molar-refractivity contribution in [2.24, 2.45) is 0 Å². The van der Waals surface area contributed by atoms with Gasteiger partial charge in [-0.05, 0) is 25.0 Å². The van der Waals surface area contributed by atoms with E-state index in [0.717, 1.165) is 74.1 Å². The largest absolute Gasteiger partial charge is 0.385 e. The zero-order chi connectivity index (χ0) is 15.7. The lowest BCUT2D eigenvalue weighted by Crippen LogP contribution is -2.45. The van der Waals surface area contributed by atoms with Gasteiger partial charge in [0.25, 0.3) is 0 Å². The lowest BCUT2D eigenvalue weighted by atomic mass is 9.79. The molecule has 4 nitrogen and oxygen atoms in total. The van der Waals surface area contributed by atoms with E-state index in [-0.39, 0.29) is 24.8 Å². The summed E-state index contributed by atoms with van der Waals surface area (Å²) in [5.41, 5.74) is 1.34.